The number of para-hydroxylation sites is 1. The summed E-state index contributed by atoms with van der Waals surface area (Å²) in [5, 5.41) is 2.86. The monoisotopic (exact) mass is 333 g/mol. The first-order valence-electron chi connectivity index (χ1n) is 6.39. The molecule has 0 fully saturated rings. The fourth-order valence-electron chi connectivity index (χ4n) is 1.74. The number of benzene rings is 2. The van der Waals surface area contributed by atoms with Gasteiger partial charge >= 0.3 is 0 Å². The fourth-order valence-corrected chi connectivity index (χ4v) is 2.01. The lowest BCUT2D eigenvalue weighted by Crippen LogP contribution is -2.15. The van der Waals surface area contributed by atoms with Crippen LogP contribution in [0.2, 0.25) is 0 Å². The van der Waals surface area contributed by atoms with Crippen LogP contribution in [0.5, 0.6) is 5.75 Å². The molecule has 2 aromatic carbocycles. The summed E-state index contributed by atoms with van der Waals surface area (Å²) >= 11 is 3.36. The van der Waals surface area contributed by atoms with E-state index in [-0.39, 0.29) is 12.0 Å². The number of nitrogens with one attached hydrogen (secondary N) is 1. The van der Waals surface area contributed by atoms with Crippen LogP contribution in [-0.4, -0.2) is 12.0 Å². The zero-order chi connectivity index (χ0) is 14.5. The molecule has 20 heavy (non-hydrogen) atoms. The number of anilines is 1. The summed E-state index contributed by atoms with van der Waals surface area (Å²) in [6.07, 6.45) is 0.0247. The Bertz CT molecular complexity index is 594. The maximum Gasteiger partial charge on any atom is 0.259 e. The summed E-state index contributed by atoms with van der Waals surface area (Å²) in [6, 6.07) is 14.7. The molecule has 0 aliphatic carbocycles. The van der Waals surface area contributed by atoms with Crippen LogP contribution in [0.1, 0.15) is 24.2 Å². The van der Waals surface area contributed by atoms with E-state index in [1.165, 1.54) is 0 Å². The third kappa shape index (κ3) is 3.84. The second-order valence-electron chi connectivity index (χ2n) is 4.62. The molecule has 4 heteroatoms. The van der Waals surface area contributed by atoms with E-state index < -0.39 is 0 Å². The predicted octanol–water partition coefficient (Wildman–Crippen LogP) is 4.49. The molecule has 0 unspecified atom stereocenters. The van der Waals surface area contributed by atoms with Crippen LogP contribution < -0.4 is 10.1 Å². The molecular formula is C16H16BrNO2. The summed E-state index contributed by atoms with van der Waals surface area (Å²) in [6.45, 7) is 3.87. The van der Waals surface area contributed by atoms with Crippen LogP contribution in [0.15, 0.2) is 53.0 Å². The molecule has 0 bridgehead atoms. The molecule has 0 heterocycles. The van der Waals surface area contributed by atoms with Crippen LogP contribution in [0, 0.1) is 0 Å². The molecule has 0 saturated carbocycles. The van der Waals surface area contributed by atoms with Crippen molar-refractivity contribution in [2.75, 3.05) is 5.32 Å². The number of halogens is 1. The Hall–Kier alpha value is -1.81. The van der Waals surface area contributed by atoms with Crippen molar-refractivity contribution < 1.29 is 9.53 Å². The Morgan fingerprint density at radius 2 is 1.75 bits per heavy atom. The fraction of sp³-hybridized carbons (Fsp3) is 0.188. The first-order valence-corrected chi connectivity index (χ1v) is 7.18. The highest BCUT2D eigenvalue weighted by Crippen LogP contribution is 2.21. The van der Waals surface area contributed by atoms with Gasteiger partial charge < -0.3 is 10.1 Å². The van der Waals surface area contributed by atoms with Crippen molar-refractivity contribution in [3.05, 3.63) is 58.6 Å². The molecule has 104 valence electrons. The van der Waals surface area contributed by atoms with Crippen molar-refractivity contribution in [2.24, 2.45) is 0 Å². The summed E-state index contributed by atoms with van der Waals surface area (Å²) in [5.74, 6) is 0.417. The van der Waals surface area contributed by atoms with E-state index in [0.717, 1.165) is 10.2 Å². The quantitative estimate of drug-likeness (QED) is 0.895. The molecule has 1 amide bonds. The van der Waals surface area contributed by atoms with Crippen molar-refractivity contribution in [3.63, 3.8) is 0 Å². The maximum atomic E-state index is 12.3. The molecule has 0 aliphatic rings. The molecule has 0 aliphatic heterocycles. The third-order valence-corrected chi connectivity index (χ3v) is 3.13. The summed E-state index contributed by atoms with van der Waals surface area (Å²) in [7, 11) is 0. The van der Waals surface area contributed by atoms with E-state index in [9.17, 15) is 4.79 Å². The average molecular weight is 334 g/mol. The van der Waals surface area contributed by atoms with Crippen molar-refractivity contribution >= 4 is 27.5 Å². The Balaban J connectivity index is 2.18. The SMILES string of the molecule is CC(C)Oc1ccccc1C(=O)Nc1ccc(Br)cc1. The number of hydrogen-bond donors (Lipinski definition) is 1. The minimum absolute atomic E-state index is 0.0247. The van der Waals surface area contributed by atoms with Crippen LogP contribution in [0.25, 0.3) is 0 Å². The Kier molecular flexibility index (Phi) is 4.79. The van der Waals surface area contributed by atoms with Crippen molar-refractivity contribution in [1.29, 1.82) is 0 Å². The summed E-state index contributed by atoms with van der Waals surface area (Å²) in [5.41, 5.74) is 1.28. The number of carbonyl (C=O) groups is 1. The normalized spacial score (nSPS) is 10.4. The molecular weight excluding hydrogens is 318 g/mol. The van der Waals surface area contributed by atoms with Gasteiger partial charge in [-0.25, -0.2) is 0 Å². The van der Waals surface area contributed by atoms with Gasteiger partial charge in [0.1, 0.15) is 5.75 Å². The van der Waals surface area contributed by atoms with E-state index in [1.807, 2.05) is 50.2 Å². The van der Waals surface area contributed by atoms with Gasteiger partial charge in [-0.05, 0) is 50.2 Å². The van der Waals surface area contributed by atoms with Crippen molar-refractivity contribution in [1.82, 2.24) is 0 Å². The largest absolute Gasteiger partial charge is 0.490 e. The zero-order valence-electron chi connectivity index (χ0n) is 11.4. The van der Waals surface area contributed by atoms with E-state index in [4.69, 9.17) is 4.74 Å². The number of ether oxygens (including phenoxy) is 1. The van der Waals surface area contributed by atoms with Crippen LogP contribution in [-0.2, 0) is 0 Å². The highest BCUT2D eigenvalue weighted by Gasteiger charge is 2.13. The molecule has 0 atom stereocenters. The molecule has 0 saturated heterocycles. The molecule has 0 aromatic heterocycles. The van der Waals surface area contributed by atoms with Gasteiger partial charge in [0.25, 0.3) is 5.91 Å². The van der Waals surface area contributed by atoms with E-state index in [1.54, 1.807) is 12.1 Å². The Morgan fingerprint density at radius 3 is 2.40 bits per heavy atom. The van der Waals surface area contributed by atoms with E-state index >= 15 is 0 Å². The van der Waals surface area contributed by atoms with Gasteiger partial charge in [-0.15, -0.1) is 0 Å². The maximum absolute atomic E-state index is 12.3. The molecule has 2 aromatic rings. The molecule has 0 spiro atoms. The predicted molar refractivity (Wildman–Crippen MR) is 84.3 cm³/mol. The van der Waals surface area contributed by atoms with Gasteiger partial charge in [-0.1, -0.05) is 28.1 Å². The minimum Gasteiger partial charge on any atom is -0.490 e. The van der Waals surface area contributed by atoms with Crippen LogP contribution in [0.3, 0.4) is 0 Å². The summed E-state index contributed by atoms with van der Waals surface area (Å²) < 4.78 is 6.63. The van der Waals surface area contributed by atoms with Gasteiger partial charge in [0, 0.05) is 10.2 Å². The highest BCUT2D eigenvalue weighted by atomic mass is 79.9. The summed E-state index contributed by atoms with van der Waals surface area (Å²) in [4.78, 5) is 12.3. The van der Waals surface area contributed by atoms with Gasteiger partial charge in [0.15, 0.2) is 0 Å². The standard InChI is InChI=1S/C16H16BrNO2/c1-11(2)20-15-6-4-3-5-14(15)16(19)18-13-9-7-12(17)8-10-13/h3-11H,1-2H3,(H,18,19). The van der Waals surface area contributed by atoms with Crippen molar-refractivity contribution in [3.8, 4) is 5.75 Å². The zero-order valence-corrected chi connectivity index (χ0v) is 13.0. The smallest absolute Gasteiger partial charge is 0.259 e. The van der Waals surface area contributed by atoms with Crippen LogP contribution in [0.4, 0.5) is 5.69 Å². The lowest BCUT2D eigenvalue weighted by Gasteiger charge is -2.14. The number of hydrogen-bond acceptors (Lipinski definition) is 2. The van der Waals surface area contributed by atoms with Gasteiger partial charge in [-0.3, -0.25) is 4.79 Å². The minimum atomic E-state index is -0.177. The second-order valence-corrected chi connectivity index (χ2v) is 5.54. The van der Waals surface area contributed by atoms with Gasteiger partial charge in [0.2, 0.25) is 0 Å². The molecule has 1 N–H and O–H groups in total. The second kappa shape index (κ2) is 6.57. The average Bonchev–Trinajstić information content (AvgIpc) is 2.41. The van der Waals surface area contributed by atoms with E-state index in [2.05, 4.69) is 21.2 Å². The first-order chi connectivity index (χ1) is 9.56. The molecule has 3 nitrogen and oxygen atoms in total. The lowest BCUT2D eigenvalue weighted by atomic mass is 10.2. The lowest BCUT2D eigenvalue weighted by molar-refractivity contribution is 0.102. The van der Waals surface area contributed by atoms with Gasteiger partial charge in [-0.2, -0.15) is 0 Å². The first kappa shape index (κ1) is 14.6. The highest BCUT2D eigenvalue weighted by molar-refractivity contribution is 9.10. The number of rotatable bonds is 4. The molecule has 2 rings (SSSR count). The Labute approximate surface area is 127 Å². The number of carbonyl (C=O) groups excluding carboxylic acids is 1. The number of amides is 1. The van der Waals surface area contributed by atoms with Crippen LogP contribution >= 0.6 is 15.9 Å². The van der Waals surface area contributed by atoms with E-state index in [0.29, 0.717) is 11.3 Å². The van der Waals surface area contributed by atoms with Crippen molar-refractivity contribution in [2.45, 2.75) is 20.0 Å². The molecule has 0 radical (unpaired) electrons. The Morgan fingerprint density at radius 1 is 1.10 bits per heavy atom. The van der Waals surface area contributed by atoms with Gasteiger partial charge in [0.05, 0.1) is 11.7 Å². The topological polar surface area (TPSA) is 38.3 Å². The third-order valence-electron chi connectivity index (χ3n) is 2.60.